The quantitative estimate of drug-likeness (QED) is 0.727. The van der Waals surface area contributed by atoms with E-state index in [4.69, 9.17) is 5.73 Å². The largest absolute Gasteiger partial charge is 0.327 e. The highest BCUT2D eigenvalue weighted by molar-refractivity contribution is 7.98. The van der Waals surface area contributed by atoms with Crippen LogP contribution in [0.1, 0.15) is 26.7 Å². The Morgan fingerprint density at radius 1 is 1.43 bits per heavy atom. The molecule has 0 aliphatic carbocycles. The lowest BCUT2D eigenvalue weighted by Gasteiger charge is -2.41. The third-order valence-corrected chi connectivity index (χ3v) is 4.25. The maximum Gasteiger partial charge on any atom is 0.0107 e. The minimum atomic E-state index is 0.418. The first-order valence-electron chi connectivity index (χ1n) is 5.65. The van der Waals surface area contributed by atoms with E-state index in [-0.39, 0.29) is 0 Å². The summed E-state index contributed by atoms with van der Waals surface area (Å²) in [7, 11) is 0. The molecular formula is C11H24N2S. The summed E-state index contributed by atoms with van der Waals surface area (Å²) in [5, 5.41) is 0. The topological polar surface area (TPSA) is 29.3 Å². The molecule has 3 unspecified atom stereocenters. The van der Waals surface area contributed by atoms with Gasteiger partial charge in [-0.3, -0.25) is 0 Å². The van der Waals surface area contributed by atoms with Crippen LogP contribution in [-0.4, -0.2) is 42.1 Å². The van der Waals surface area contributed by atoms with Gasteiger partial charge in [0.15, 0.2) is 0 Å². The van der Waals surface area contributed by atoms with Gasteiger partial charge in [-0.1, -0.05) is 6.92 Å². The van der Waals surface area contributed by atoms with Crippen molar-refractivity contribution in [2.24, 2.45) is 11.7 Å². The zero-order chi connectivity index (χ0) is 10.6. The Labute approximate surface area is 92.6 Å². The molecule has 3 heteroatoms. The Morgan fingerprint density at radius 3 is 2.79 bits per heavy atom. The molecule has 3 atom stereocenters. The van der Waals surface area contributed by atoms with E-state index in [9.17, 15) is 0 Å². The smallest absolute Gasteiger partial charge is 0.0107 e. The molecule has 0 aromatic rings. The Bertz CT molecular complexity index is 163. The van der Waals surface area contributed by atoms with E-state index in [0.717, 1.165) is 0 Å². The lowest BCUT2D eigenvalue weighted by molar-refractivity contribution is 0.0985. The van der Waals surface area contributed by atoms with E-state index in [2.05, 4.69) is 25.0 Å². The van der Waals surface area contributed by atoms with Gasteiger partial charge >= 0.3 is 0 Å². The number of rotatable bonds is 4. The molecule has 1 heterocycles. The maximum atomic E-state index is 6.05. The number of thioether (sulfide) groups is 1. The maximum absolute atomic E-state index is 6.05. The van der Waals surface area contributed by atoms with Crippen LogP contribution in [0.15, 0.2) is 0 Å². The number of nitrogens with zero attached hydrogens (tertiary/aromatic N) is 1. The highest BCUT2D eigenvalue weighted by atomic mass is 32.2. The number of hydrogen-bond donors (Lipinski definition) is 1. The summed E-state index contributed by atoms with van der Waals surface area (Å²) in [4.78, 5) is 2.60. The molecule has 0 aromatic heterocycles. The molecule has 0 amide bonds. The van der Waals surface area contributed by atoms with E-state index in [0.29, 0.717) is 18.0 Å². The van der Waals surface area contributed by atoms with Crippen molar-refractivity contribution >= 4 is 11.8 Å². The van der Waals surface area contributed by atoms with Crippen LogP contribution in [-0.2, 0) is 0 Å². The standard InChI is InChI=1S/C11H24N2S/c1-9-10(2)13(6-4-8-14-3)7-5-11(9)12/h9-11H,4-8,12H2,1-3H3. The van der Waals surface area contributed by atoms with Crippen molar-refractivity contribution in [1.82, 2.24) is 4.90 Å². The number of hydrogen-bond acceptors (Lipinski definition) is 3. The molecular weight excluding hydrogens is 192 g/mol. The van der Waals surface area contributed by atoms with Gasteiger partial charge in [-0.15, -0.1) is 0 Å². The Kier molecular flexibility index (Phi) is 5.28. The fourth-order valence-electron chi connectivity index (χ4n) is 2.20. The van der Waals surface area contributed by atoms with Crippen LogP contribution in [0.5, 0.6) is 0 Å². The molecule has 2 nitrogen and oxygen atoms in total. The molecule has 0 aromatic carbocycles. The molecule has 0 bridgehead atoms. The summed E-state index contributed by atoms with van der Waals surface area (Å²) in [6, 6.07) is 1.09. The van der Waals surface area contributed by atoms with Crippen LogP contribution in [0, 0.1) is 5.92 Å². The molecule has 1 saturated heterocycles. The first-order chi connectivity index (χ1) is 6.66. The van der Waals surface area contributed by atoms with Crippen LogP contribution < -0.4 is 5.73 Å². The van der Waals surface area contributed by atoms with Crippen molar-refractivity contribution in [3.05, 3.63) is 0 Å². The van der Waals surface area contributed by atoms with Crippen LogP contribution in [0.25, 0.3) is 0 Å². The van der Waals surface area contributed by atoms with E-state index >= 15 is 0 Å². The molecule has 0 spiro atoms. The van der Waals surface area contributed by atoms with Crippen LogP contribution in [0.4, 0.5) is 0 Å². The second-order valence-electron chi connectivity index (χ2n) is 4.43. The van der Waals surface area contributed by atoms with Gasteiger partial charge in [-0.2, -0.15) is 11.8 Å². The third-order valence-electron chi connectivity index (χ3n) is 3.56. The average molecular weight is 216 g/mol. The molecule has 2 N–H and O–H groups in total. The molecule has 1 aliphatic rings. The SMILES string of the molecule is CSCCCN1CCC(N)C(C)C1C. The molecule has 1 fully saturated rings. The summed E-state index contributed by atoms with van der Waals surface area (Å²) in [6.45, 7) is 7.05. The Morgan fingerprint density at radius 2 is 2.14 bits per heavy atom. The number of piperidine rings is 1. The highest BCUT2D eigenvalue weighted by Crippen LogP contribution is 2.22. The predicted molar refractivity (Wildman–Crippen MR) is 65.8 cm³/mol. The van der Waals surface area contributed by atoms with Gasteiger partial charge in [-0.05, 0) is 50.8 Å². The van der Waals surface area contributed by atoms with Gasteiger partial charge in [0, 0.05) is 12.1 Å². The van der Waals surface area contributed by atoms with Crippen LogP contribution >= 0.6 is 11.8 Å². The van der Waals surface area contributed by atoms with Gasteiger partial charge in [0.2, 0.25) is 0 Å². The molecule has 84 valence electrons. The van der Waals surface area contributed by atoms with E-state index in [1.165, 1.54) is 31.7 Å². The summed E-state index contributed by atoms with van der Waals surface area (Å²) in [6.07, 6.45) is 4.66. The number of likely N-dealkylation sites (tertiary alicyclic amines) is 1. The molecule has 0 radical (unpaired) electrons. The van der Waals surface area contributed by atoms with E-state index in [1.807, 2.05) is 11.8 Å². The third kappa shape index (κ3) is 3.14. The van der Waals surface area contributed by atoms with Crippen molar-refractivity contribution < 1.29 is 0 Å². The van der Waals surface area contributed by atoms with Crippen molar-refractivity contribution in [2.45, 2.75) is 38.8 Å². The van der Waals surface area contributed by atoms with E-state index < -0.39 is 0 Å². The average Bonchev–Trinajstić information content (AvgIpc) is 2.18. The summed E-state index contributed by atoms with van der Waals surface area (Å²) < 4.78 is 0. The minimum Gasteiger partial charge on any atom is -0.327 e. The molecule has 14 heavy (non-hydrogen) atoms. The first-order valence-corrected chi connectivity index (χ1v) is 7.04. The van der Waals surface area contributed by atoms with Gasteiger partial charge in [-0.25, -0.2) is 0 Å². The zero-order valence-corrected chi connectivity index (χ0v) is 10.5. The van der Waals surface area contributed by atoms with Crippen LogP contribution in [0.2, 0.25) is 0 Å². The normalized spacial score (nSPS) is 34.7. The Balaban J connectivity index is 2.31. The van der Waals surface area contributed by atoms with Crippen molar-refractivity contribution in [2.75, 3.05) is 25.1 Å². The monoisotopic (exact) mass is 216 g/mol. The summed E-state index contributed by atoms with van der Waals surface area (Å²) in [5.74, 6) is 1.93. The second-order valence-corrected chi connectivity index (χ2v) is 5.42. The lowest BCUT2D eigenvalue weighted by Crippen LogP contribution is -2.51. The fourth-order valence-corrected chi connectivity index (χ4v) is 2.62. The second kappa shape index (κ2) is 5.99. The fraction of sp³-hybridized carbons (Fsp3) is 1.00. The molecule has 0 saturated carbocycles. The highest BCUT2D eigenvalue weighted by Gasteiger charge is 2.29. The van der Waals surface area contributed by atoms with Gasteiger partial charge in [0.05, 0.1) is 0 Å². The van der Waals surface area contributed by atoms with Gasteiger partial charge < -0.3 is 10.6 Å². The van der Waals surface area contributed by atoms with Gasteiger partial charge in [0.1, 0.15) is 0 Å². The summed E-state index contributed by atoms with van der Waals surface area (Å²) in [5.41, 5.74) is 6.05. The van der Waals surface area contributed by atoms with Gasteiger partial charge in [0.25, 0.3) is 0 Å². The number of nitrogens with two attached hydrogens (primary N) is 1. The van der Waals surface area contributed by atoms with Crippen molar-refractivity contribution in [1.29, 1.82) is 0 Å². The zero-order valence-electron chi connectivity index (χ0n) is 9.70. The van der Waals surface area contributed by atoms with E-state index in [1.54, 1.807) is 0 Å². The summed E-state index contributed by atoms with van der Waals surface area (Å²) >= 11 is 1.94. The molecule has 1 aliphatic heterocycles. The van der Waals surface area contributed by atoms with Crippen molar-refractivity contribution in [3.63, 3.8) is 0 Å². The lowest BCUT2D eigenvalue weighted by atomic mass is 9.87. The van der Waals surface area contributed by atoms with Crippen LogP contribution in [0.3, 0.4) is 0 Å². The minimum absolute atomic E-state index is 0.418. The molecule has 1 rings (SSSR count). The van der Waals surface area contributed by atoms with Crippen molar-refractivity contribution in [3.8, 4) is 0 Å². The first kappa shape index (κ1) is 12.3. The Hall–Kier alpha value is 0.270. The predicted octanol–water partition coefficient (Wildman–Crippen LogP) is 1.80.